The van der Waals surface area contributed by atoms with Gasteiger partial charge in [0.25, 0.3) is 10.0 Å². The summed E-state index contributed by atoms with van der Waals surface area (Å²) in [5, 5.41) is 13.2. The zero-order valence-electron chi connectivity index (χ0n) is 11.7. The largest absolute Gasteiger partial charge is 0.392 e. The Hall–Kier alpha value is -1.38. The van der Waals surface area contributed by atoms with Gasteiger partial charge in [0.1, 0.15) is 4.90 Å². The van der Waals surface area contributed by atoms with Crippen molar-refractivity contribution in [1.29, 1.82) is 0 Å². The summed E-state index contributed by atoms with van der Waals surface area (Å²) >= 11 is 3.29. The van der Waals surface area contributed by atoms with Gasteiger partial charge in [0.05, 0.1) is 18.5 Å². The van der Waals surface area contributed by atoms with Gasteiger partial charge in [-0.15, -0.1) is 0 Å². The SMILES string of the molecule is CCn1cc(NS(=O)(=O)c2cc(CO)cc(C)c2Br)cn1. The van der Waals surface area contributed by atoms with Crippen LogP contribution in [0, 0.1) is 6.92 Å². The summed E-state index contributed by atoms with van der Waals surface area (Å²) in [5.74, 6) is 0. The first kappa shape index (κ1) is 16.0. The molecule has 1 aromatic carbocycles. The maximum atomic E-state index is 12.5. The van der Waals surface area contributed by atoms with E-state index in [0.717, 1.165) is 5.56 Å². The van der Waals surface area contributed by atoms with Crippen LogP contribution < -0.4 is 4.72 Å². The number of rotatable bonds is 5. The fourth-order valence-corrected chi connectivity index (χ4v) is 3.99. The molecular weight excluding hydrogens is 358 g/mol. The van der Waals surface area contributed by atoms with Crippen molar-refractivity contribution in [2.24, 2.45) is 0 Å². The molecule has 0 aliphatic carbocycles. The molecule has 0 unspecified atom stereocenters. The molecular formula is C13H16BrN3O3S. The lowest BCUT2D eigenvalue weighted by Gasteiger charge is -2.11. The standard InChI is InChI=1S/C13H16BrN3O3S/c1-3-17-7-11(6-15-17)16-21(19,20)12-5-10(8-18)4-9(2)13(12)14/h4-7,16,18H,3,8H2,1-2H3. The lowest BCUT2D eigenvalue weighted by atomic mass is 10.1. The lowest BCUT2D eigenvalue weighted by molar-refractivity contribution is 0.281. The van der Waals surface area contributed by atoms with E-state index in [1.165, 1.54) is 12.3 Å². The highest BCUT2D eigenvalue weighted by Gasteiger charge is 2.20. The second-order valence-corrected chi connectivity index (χ2v) is 7.02. The van der Waals surface area contributed by atoms with Crippen LogP contribution in [0.3, 0.4) is 0 Å². The second kappa shape index (κ2) is 6.17. The Labute approximate surface area is 132 Å². The molecule has 0 aliphatic rings. The zero-order chi connectivity index (χ0) is 15.6. The molecule has 21 heavy (non-hydrogen) atoms. The molecule has 0 spiro atoms. The summed E-state index contributed by atoms with van der Waals surface area (Å²) in [6.07, 6.45) is 3.08. The average molecular weight is 374 g/mol. The van der Waals surface area contributed by atoms with Crippen molar-refractivity contribution < 1.29 is 13.5 Å². The Balaban J connectivity index is 2.41. The van der Waals surface area contributed by atoms with Crippen LogP contribution in [0.25, 0.3) is 0 Å². The summed E-state index contributed by atoms with van der Waals surface area (Å²) in [6.45, 7) is 4.13. The average Bonchev–Trinajstić information content (AvgIpc) is 2.88. The maximum Gasteiger partial charge on any atom is 0.263 e. The molecule has 0 atom stereocenters. The quantitative estimate of drug-likeness (QED) is 0.841. The minimum Gasteiger partial charge on any atom is -0.392 e. The van der Waals surface area contributed by atoms with Gasteiger partial charge in [-0.2, -0.15) is 5.10 Å². The molecule has 1 aromatic heterocycles. The van der Waals surface area contributed by atoms with Crippen LogP contribution >= 0.6 is 15.9 Å². The van der Waals surface area contributed by atoms with Crippen molar-refractivity contribution >= 4 is 31.6 Å². The van der Waals surface area contributed by atoms with Gasteiger partial charge in [-0.1, -0.05) is 6.07 Å². The summed E-state index contributed by atoms with van der Waals surface area (Å²) in [5.41, 5.74) is 1.68. The van der Waals surface area contributed by atoms with E-state index < -0.39 is 10.0 Å². The molecule has 8 heteroatoms. The minimum atomic E-state index is -3.76. The van der Waals surface area contributed by atoms with E-state index in [1.807, 2.05) is 6.92 Å². The van der Waals surface area contributed by atoms with Crippen LogP contribution in [0.5, 0.6) is 0 Å². The molecule has 0 bridgehead atoms. The number of aryl methyl sites for hydroxylation is 2. The van der Waals surface area contributed by atoms with Gasteiger partial charge in [-0.05, 0) is 47.0 Å². The summed E-state index contributed by atoms with van der Waals surface area (Å²) in [4.78, 5) is 0.0933. The molecule has 0 radical (unpaired) electrons. The van der Waals surface area contributed by atoms with Crippen molar-refractivity contribution in [1.82, 2.24) is 9.78 Å². The van der Waals surface area contributed by atoms with Gasteiger partial charge in [0.2, 0.25) is 0 Å². The number of halogens is 1. The van der Waals surface area contributed by atoms with E-state index in [4.69, 9.17) is 0 Å². The number of aromatic nitrogens is 2. The first-order valence-electron chi connectivity index (χ1n) is 6.32. The van der Waals surface area contributed by atoms with Crippen molar-refractivity contribution in [3.05, 3.63) is 40.1 Å². The first-order chi connectivity index (χ1) is 9.87. The van der Waals surface area contributed by atoms with Crippen LogP contribution in [0.15, 0.2) is 33.9 Å². The van der Waals surface area contributed by atoms with Gasteiger partial charge in [0.15, 0.2) is 0 Å². The number of aliphatic hydroxyl groups excluding tert-OH is 1. The van der Waals surface area contributed by atoms with Gasteiger partial charge in [-0.3, -0.25) is 9.40 Å². The van der Waals surface area contributed by atoms with Gasteiger partial charge < -0.3 is 5.11 Å². The van der Waals surface area contributed by atoms with E-state index in [-0.39, 0.29) is 11.5 Å². The Morgan fingerprint density at radius 2 is 2.14 bits per heavy atom. The Kier molecular flexibility index (Phi) is 4.70. The highest BCUT2D eigenvalue weighted by molar-refractivity contribution is 9.10. The third kappa shape index (κ3) is 3.45. The molecule has 0 saturated carbocycles. The third-order valence-corrected chi connectivity index (χ3v) is 5.68. The van der Waals surface area contributed by atoms with Crippen LogP contribution in [-0.2, 0) is 23.2 Å². The summed E-state index contributed by atoms with van der Waals surface area (Å²) < 4.78 is 29.6. The minimum absolute atomic E-state index is 0.0933. The maximum absolute atomic E-state index is 12.5. The molecule has 0 aliphatic heterocycles. The number of hydrogen-bond acceptors (Lipinski definition) is 4. The number of benzene rings is 1. The zero-order valence-corrected chi connectivity index (χ0v) is 14.1. The monoisotopic (exact) mass is 373 g/mol. The molecule has 0 fully saturated rings. The molecule has 2 aromatic rings. The summed E-state index contributed by atoms with van der Waals surface area (Å²) in [6, 6.07) is 3.18. The Morgan fingerprint density at radius 1 is 1.43 bits per heavy atom. The number of aliphatic hydroxyl groups is 1. The van der Waals surface area contributed by atoms with E-state index in [0.29, 0.717) is 22.3 Å². The molecule has 1 heterocycles. The van der Waals surface area contributed by atoms with Gasteiger partial charge in [-0.25, -0.2) is 8.42 Å². The number of anilines is 1. The third-order valence-electron chi connectivity index (χ3n) is 2.96. The number of nitrogens with zero attached hydrogens (tertiary/aromatic N) is 2. The van der Waals surface area contributed by atoms with E-state index in [2.05, 4.69) is 25.8 Å². The molecule has 0 amide bonds. The molecule has 0 saturated heterocycles. The fourth-order valence-electron chi connectivity index (χ4n) is 1.90. The number of hydrogen-bond donors (Lipinski definition) is 2. The fraction of sp³-hybridized carbons (Fsp3) is 0.308. The van der Waals surface area contributed by atoms with Crippen molar-refractivity contribution in [2.45, 2.75) is 31.9 Å². The highest BCUT2D eigenvalue weighted by atomic mass is 79.9. The van der Waals surface area contributed by atoms with Crippen LogP contribution in [0.1, 0.15) is 18.1 Å². The lowest BCUT2D eigenvalue weighted by Crippen LogP contribution is -2.14. The van der Waals surface area contributed by atoms with Crippen molar-refractivity contribution in [3.63, 3.8) is 0 Å². The van der Waals surface area contributed by atoms with Gasteiger partial charge in [0, 0.05) is 17.2 Å². The molecule has 2 N–H and O–H groups in total. The number of nitrogens with one attached hydrogen (secondary N) is 1. The predicted octanol–water partition coefficient (Wildman–Crippen LogP) is 2.27. The molecule has 114 valence electrons. The van der Waals surface area contributed by atoms with E-state index in [1.54, 1.807) is 23.9 Å². The number of sulfonamides is 1. The second-order valence-electron chi connectivity index (χ2n) is 4.57. The Bertz CT molecular complexity index is 756. The van der Waals surface area contributed by atoms with Crippen LogP contribution in [0.2, 0.25) is 0 Å². The first-order valence-corrected chi connectivity index (χ1v) is 8.60. The van der Waals surface area contributed by atoms with Crippen molar-refractivity contribution in [2.75, 3.05) is 4.72 Å². The van der Waals surface area contributed by atoms with Crippen molar-refractivity contribution in [3.8, 4) is 0 Å². The topological polar surface area (TPSA) is 84.2 Å². The Morgan fingerprint density at radius 3 is 2.71 bits per heavy atom. The predicted molar refractivity (Wildman–Crippen MR) is 83.5 cm³/mol. The van der Waals surface area contributed by atoms with E-state index in [9.17, 15) is 13.5 Å². The highest BCUT2D eigenvalue weighted by Crippen LogP contribution is 2.28. The normalized spacial score (nSPS) is 11.6. The van der Waals surface area contributed by atoms with Crippen LogP contribution in [-0.4, -0.2) is 23.3 Å². The van der Waals surface area contributed by atoms with Gasteiger partial charge >= 0.3 is 0 Å². The molecule has 2 rings (SSSR count). The van der Waals surface area contributed by atoms with E-state index >= 15 is 0 Å². The smallest absolute Gasteiger partial charge is 0.263 e. The summed E-state index contributed by atoms with van der Waals surface area (Å²) in [7, 11) is -3.76. The van der Waals surface area contributed by atoms with Crippen LogP contribution in [0.4, 0.5) is 5.69 Å². The molecule has 6 nitrogen and oxygen atoms in total.